The molecule has 0 aliphatic carbocycles. The lowest BCUT2D eigenvalue weighted by atomic mass is 10.0. The second kappa shape index (κ2) is 8.86. The molecule has 0 aliphatic rings. The lowest BCUT2D eigenvalue weighted by Gasteiger charge is -2.22. The van der Waals surface area contributed by atoms with Crippen molar-refractivity contribution in [1.29, 1.82) is 0 Å². The van der Waals surface area contributed by atoms with E-state index in [1.54, 1.807) is 7.11 Å². The van der Waals surface area contributed by atoms with Gasteiger partial charge in [-0.2, -0.15) is 0 Å². The first-order valence-corrected chi connectivity index (χ1v) is 8.88. The van der Waals surface area contributed by atoms with Crippen molar-refractivity contribution in [3.05, 3.63) is 107 Å². The van der Waals surface area contributed by atoms with Gasteiger partial charge in [0.15, 0.2) is 0 Å². The molecule has 3 heteroatoms. The van der Waals surface area contributed by atoms with E-state index in [0.717, 1.165) is 16.9 Å². The van der Waals surface area contributed by atoms with Gasteiger partial charge in [0.2, 0.25) is 5.78 Å². The van der Waals surface area contributed by atoms with Crippen molar-refractivity contribution in [1.82, 2.24) is 4.90 Å². The highest BCUT2D eigenvalue weighted by atomic mass is 16.5. The third-order valence-electron chi connectivity index (χ3n) is 4.36. The third-order valence-corrected chi connectivity index (χ3v) is 4.36. The Morgan fingerprint density at radius 3 is 2.07 bits per heavy atom. The predicted octanol–water partition coefficient (Wildman–Crippen LogP) is 5.05. The van der Waals surface area contributed by atoms with E-state index in [1.807, 2.05) is 103 Å². The number of ketones is 1. The minimum Gasteiger partial charge on any atom is -0.497 e. The van der Waals surface area contributed by atoms with Gasteiger partial charge < -0.3 is 9.64 Å². The zero-order valence-corrected chi connectivity index (χ0v) is 15.6. The van der Waals surface area contributed by atoms with Crippen LogP contribution < -0.4 is 4.74 Å². The van der Waals surface area contributed by atoms with Crippen LogP contribution in [0.15, 0.2) is 90.6 Å². The number of likely N-dealkylation sites (N-methyl/N-ethyl adjacent to an activating group) is 1. The molecule has 0 aliphatic heterocycles. The van der Waals surface area contributed by atoms with E-state index in [0.29, 0.717) is 17.8 Å². The molecule has 0 amide bonds. The number of benzene rings is 3. The maximum atomic E-state index is 13.2. The van der Waals surface area contributed by atoms with Crippen molar-refractivity contribution in [2.24, 2.45) is 0 Å². The first-order chi connectivity index (χ1) is 13.2. The quantitative estimate of drug-likeness (QED) is 0.438. The zero-order chi connectivity index (χ0) is 19.1. The van der Waals surface area contributed by atoms with Crippen molar-refractivity contribution in [3.63, 3.8) is 0 Å². The fourth-order valence-electron chi connectivity index (χ4n) is 2.88. The Balaban J connectivity index is 1.90. The third kappa shape index (κ3) is 4.85. The highest BCUT2D eigenvalue weighted by Crippen LogP contribution is 2.19. The maximum Gasteiger partial charge on any atom is 0.209 e. The monoisotopic (exact) mass is 357 g/mol. The predicted molar refractivity (Wildman–Crippen MR) is 110 cm³/mol. The van der Waals surface area contributed by atoms with Crippen molar-refractivity contribution in [2.45, 2.75) is 6.54 Å². The van der Waals surface area contributed by atoms with Gasteiger partial charge in [-0.1, -0.05) is 72.8 Å². The molecule has 0 radical (unpaired) electrons. The zero-order valence-electron chi connectivity index (χ0n) is 15.6. The van der Waals surface area contributed by atoms with Gasteiger partial charge in [0.1, 0.15) is 5.75 Å². The first kappa shape index (κ1) is 18.5. The molecule has 0 heterocycles. The highest BCUT2D eigenvalue weighted by Gasteiger charge is 2.17. The van der Waals surface area contributed by atoms with Crippen LogP contribution in [0.4, 0.5) is 0 Å². The molecule has 0 bridgehead atoms. The van der Waals surface area contributed by atoms with E-state index in [1.165, 1.54) is 0 Å². The maximum absolute atomic E-state index is 13.2. The van der Waals surface area contributed by atoms with Crippen LogP contribution in [0.3, 0.4) is 0 Å². The summed E-state index contributed by atoms with van der Waals surface area (Å²) in [5.74, 6) is 0.831. The molecule has 3 nitrogen and oxygen atoms in total. The molecule has 136 valence electrons. The Labute approximate surface area is 160 Å². The van der Waals surface area contributed by atoms with Gasteiger partial charge >= 0.3 is 0 Å². The van der Waals surface area contributed by atoms with Crippen LogP contribution in [0, 0.1) is 0 Å². The highest BCUT2D eigenvalue weighted by molar-refractivity contribution is 6.10. The minimum absolute atomic E-state index is 0.00969. The van der Waals surface area contributed by atoms with Crippen LogP contribution in [0.25, 0.3) is 6.08 Å². The Bertz CT molecular complexity index is 900. The molecular formula is C24H23NO2. The van der Waals surface area contributed by atoms with Crippen LogP contribution in [0.2, 0.25) is 0 Å². The van der Waals surface area contributed by atoms with Crippen molar-refractivity contribution >= 4 is 11.9 Å². The molecule has 0 aromatic heterocycles. The number of hydrogen-bond acceptors (Lipinski definition) is 3. The number of rotatable bonds is 7. The average Bonchev–Trinajstić information content (AvgIpc) is 2.73. The Morgan fingerprint density at radius 1 is 0.889 bits per heavy atom. The number of hydrogen-bond donors (Lipinski definition) is 0. The number of carbonyl (C=O) groups is 1. The summed E-state index contributed by atoms with van der Waals surface area (Å²) in [6.07, 6.45) is 1.94. The number of allylic oxidation sites excluding steroid dienone is 1. The first-order valence-electron chi connectivity index (χ1n) is 8.88. The van der Waals surface area contributed by atoms with E-state index in [4.69, 9.17) is 4.74 Å². The topological polar surface area (TPSA) is 29.5 Å². The summed E-state index contributed by atoms with van der Waals surface area (Å²) >= 11 is 0. The normalized spacial score (nSPS) is 11.1. The lowest BCUT2D eigenvalue weighted by molar-refractivity contribution is 0.0998. The number of carbonyl (C=O) groups excluding carboxylic acids is 1. The van der Waals surface area contributed by atoms with Gasteiger partial charge in [-0.15, -0.1) is 0 Å². The Hall–Kier alpha value is -3.33. The number of nitrogens with zero attached hydrogens (tertiary/aromatic N) is 1. The lowest BCUT2D eigenvalue weighted by Crippen LogP contribution is -2.23. The molecule has 0 spiro atoms. The van der Waals surface area contributed by atoms with Crippen LogP contribution in [0.1, 0.15) is 21.5 Å². The van der Waals surface area contributed by atoms with E-state index in [2.05, 4.69) is 0 Å². The smallest absolute Gasteiger partial charge is 0.209 e. The molecule has 27 heavy (non-hydrogen) atoms. The van der Waals surface area contributed by atoms with Gasteiger partial charge in [0.05, 0.1) is 12.8 Å². The molecule has 0 N–H and O–H groups in total. The minimum atomic E-state index is 0.00969. The number of Topliss-reactive ketones (excluding diaryl/α,β-unsaturated/α-hetero) is 1. The van der Waals surface area contributed by atoms with Gasteiger partial charge in [-0.25, -0.2) is 0 Å². The largest absolute Gasteiger partial charge is 0.497 e. The standard InChI is InChI=1S/C24H23NO2/c1-25(18-20-13-15-22(27-2)16-14-20)23(17-19-9-5-3-6-10-19)24(26)21-11-7-4-8-12-21/h3-17H,18H2,1-2H3/b23-17+. The molecule has 3 aromatic carbocycles. The van der Waals surface area contributed by atoms with Crippen molar-refractivity contribution in [2.75, 3.05) is 14.2 Å². The van der Waals surface area contributed by atoms with Crippen LogP contribution in [-0.4, -0.2) is 24.8 Å². The Kier molecular flexibility index (Phi) is 6.06. The van der Waals surface area contributed by atoms with Crippen molar-refractivity contribution in [3.8, 4) is 5.75 Å². The van der Waals surface area contributed by atoms with E-state index in [-0.39, 0.29) is 5.78 Å². The summed E-state index contributed by atoms with van der Waals surface area (Å²) in [4.78, 5) is 15.1. The second-order valence-corrected chi connectivity index (χ2v) is 6.34. The molecule has 3 rings (SSSR count). The summed E-state index contributed by atoms with van der Waals surface area (Å²) in [6, 6.07) is 27.2. The van der Waals surface area contributed by atoms with Crippen LogP contribution >= 0.6 is 0 Å². The molecule has 3 aromatic rings. The summed E-state index contributed by atoms with van der Waals surface area (Å²) in [6.45, 7) is 0.626. The molecular weight excluding hydrogens is 334 g/mol. The molecule has 0 saturated carbocycles. The molecule has 0 saturated heterocycles. The van der Waals surface area contributed by atoms with Crippen LogP contribution in [-0.2, 0) is 6.54 Å². The molecule has 0 unspecified atom stereocenters. The molecule has 0 atom stereocenters. The van der Waals surface area contributed by atoms with Crippen molar-refractivity contribution < 1.29 is 9.53 Å². The second-order valence-electron chi connectivity index (χ2n) is 6.34. The number of methoxy groups -OCH3 is 1. The summed E-state index contributed by atoms with van der Waals surface area (Å²) < 4.78 is 5.22. The summed E-state index contributed by atoms with van der Waals surface area (Å²) in [7, 11) is 3.60. The fourth-order valence-corrected chi connectivity index (χ4v) is 2.88. The summed E-state index contributed by atoms with van der Waals surface area (Å²) in [5.41, 5.74) is 3.45. The van der Waals surface area contributed by atoms with Crippen LogP contribution in [0.5, 0.6) is 5.75 Å². The Morgan fingerprint density at radius 2 is 1.48 bits per heavy atom. The SMILES string of the molecule is COc1ccc(CN(C)/C(=C/c2ccccc2)C(=O)c2ccccc2)cc1. The average molecular weight is 357 g/mol. The fraction of sp³-hybridized carbons (Fsp3) is 0.125. The van der Waals surface area contributed by atoms with Gasteiger partial charge in [-0.3, -0.25) is 4.79 Å². The van der Waals surface area contributed by atoms with E-state index in [9.17, 15) is 4.79 Å². The van der Waals surface area contributed by atoms with Gasteiger partial charge in [0, 0.05) is 19.2 Å². The van der Waals surface area contributed by atoms with Gasteiger partial charge in [0.25, 0.3) is 0 Å². The van der Waals surface area contributed by atoms with Gasteiger partial charge in [-0.05, 0) is 29.3 Å². The number of ether oxygens (including phenoxy) is 1. The molecule has 0 fully saturated rings. The summed E-state index contributed by atoms with van der Waals surface area (Å²) in [5, 5.41) is 0. The van der Waals surface area contributed by atoms with E-state index < -0.39 is 0 Å². The van der Waals surface area contributed by atoms with E-state index >= 15 is 0 Å².